The van der Waals surface area contributed by atoms with Crippen molar-refractivity contribution in [2.75, 3.05) is 0 Å². The van der Waals surface area contributed by atoms with Gasteiger partial charge in [0.15, 0.2) is 0 Å². The Kier molecular flexibility index (Phi) is 7.32. The topological polar surface area (TPSA) is 24.9 Å². The third-order valence-electron chi connectivity index (χ3n) is 13.5. The summed E-state index contributed by atoms with van der Waals surface area (Å²) >= 11 is 0. The van der Waals surface area contributed by atoms with E-state index in [1.165, 1.54) is 99.4 Å². The second-order valence-corrected chi connectivity index (χ2v) is 16.6. The molecule has 2 aliphatic carbocycles. The zero-order valence-electron chi connectivity index (χ0n) is 33.3. The summed E-state index contributed by atoms with van der Waals surface area (Å²) in [5.41, 5.74) is 19.7. The van der Waals surface area contributed by atoms with Crippen LogP contribution in [0.25, 0.3) is 88.1 Å². The molecule has 0 radical (unpaired) electrons. The molecule has 284 valence electrons. The van der Waals surface area contributed by atoms with Crippen LogP contribution in [0, 0.1) is 0 Å². The summed E-state index contributed by atoms with van der Waals surface area (Å²) in [6.45, 7) is 0. The number of hydrogen-bond acceptors (Lipinski definition) is 2. The van der Waals surface area contributed by atoms with Crippen LogP contribution >= 0.6 is 0 Å². The maximum atomic E-state index is 5.15. The number of nitrogens with one attached hydrogen (secondary N) is 1. The summed E-state index contributed by atoms with van der Waals surface area (Å²) < 4.78 is 0. The van der Waals surface area contributed by atoms with Crippen molar-refractivity contribution < 1.29 is 0 Å². The fourth-order valence-electron chi connectivity index (χ4n) is 10.9. The summed E-state index contributed by atoms with van der Waals surface area (Å²) in [7, 11) is 0. The molecule has 1 unspecified atom stereocenters. The van der Waals surface area contributed by atoms with Gasteiger partial charge < -0.3 is 5.32 Å². The lowest BCUT2D eigenvalue weighted by Gasteiger charge is -2.30. The number of allylic oxidation sites excluding steroid dienone is 2. The molecule has 13 rings (SSSR count). The quantitative estimate of drug-likeness (QED) is 0.180. The normalized spacial score (nSPS) is 15.2. The Labute approximate surface area is 354 Å². The number of nitrogens with zero attached hydrogens (tertiary/aromatic N) is 1. The highest BCUT2D eigenvalue weighted by molar-refractivity contribution is 6.10. The first-order chi connectivity index (χ1) is 30.2. The summed E-state index contributed by atoms with van der Waals surface area (Å²) in [4.78, 5) is 5.15. The van der Waals surface area contributed by atoms with Crippen LogP contribution in [0.5, 0.6) is 0 Å². The molecule has 2 heterocycles. The van der Waals surface area contributed by atoms with Crippen molar-refractivity contribution in [3.05, 3.63) is 246 Å². The van der Waals surface area contributed by atoms with E-state index in [9.17, 15) is 0 Å². The molecule has 1 atom stereocenters. The average Bonchev–Trinajstić information content (AvgIpc) is 3.81. The molecule has 2 nitrogen and oxygen atoms in total. The van der Waals surface area contributed by atoms with Gasteiger partial charge in [-0.15, -0.1) is 0 Å². The van der Waals surface area contributed by atoms with Crippen molar-refractivity contribution in [1.29, 1.82) is 0 Å². The molecular formula is C59H38N2. The van der Waals surface area contributed by atoms with Crippen LogP contribution in [0.15, 0.2) is 219 Å². The minimum atomic E-state index is -0.352. The van der Waals surface area contributed by atoms with E-state index >= 15 is 0 Å². The Morgan fingerprint density at radius 1 is 0.393 bits per heavy atom. The number of aromatic nitrogens is 1. The van der Waals surface area contributed by atoms with Gasteiger partial charge in [0.25, 0.3) is 0 Å². The SMILES string of the molecule is C1=CNC(c2cc(-c3ccccc3)c3cc(-c4ccc5c(ccc6cc(-c7cccc8c7-c7ccccc7C87c8ccccc8-c8ccccc87)ccc65)c4)ccc3n2)C=C1. The molecule has 0 bridgehead atoms. The molecule has 9 aromatic carbocycles. The van der Waals surface area contributed by atoms with Gasteiger partial charge in [0, 0.05) is 5.39 Å². The van der Waals surface area contributed by atoms with Gasteiger partial charge in [-0.05, 0) is 142 Å². The smallest absolute Gasteiger partial charge is 0.0869 e. The Morgan fingerprint density at radius 3 is 1.70 bits per heavy atom. The molecule has 1 aliphatic heterocycles. The number of fused-ring (bicyclic) bond motifs is 14. The van der Waals surface area contributed by atoms with Crippen LogP contribution < -0.4 is 5.32 Å². The highest BCUT2D eigenvalue weighted by atomic mass is 14.9. The second-order valence-electron chi connectivity index (χ2n) is 16.6. The maximum absolute atomic E-state index is 5.15. The van der Waals surface area contributed by atoms with Crippen LogP contribution in [-0.4, -0.2) is 4.98 Å². The standard InChI is InChI=1S/C59H38N2/c1-2-13-37(14-3-1)49-36-57(56-23-10-11-32-60-56)61-55-31-28-39(35-50(49)55)38-26-29-43-40(33-38)24-25-41-34-42(27-30-44(41)43)45-18-12-22-54-58(45)48-17-6-9-21-53(48)59(54)51-19-7-4-15-46(51)47-16-5-8-20-52(47)59/h1-36,56,60H. The number of rotatable bonds is 4. The third-order valence-corrected chi connectivity index (χ3v) is 13.5. The van der Waals surface area contributed by atoms with E-state index in [-0.39, 0.29) is 11.5 Å². The summed E-state index contributed by atoms with van der Waals surface area (Å²) in [6.07, 6.45) is 8.24. The van der Waals surface area contributed by atoms with E-state index in [1.54, 1.807) is 0 Å². The number of benzene rings is 9. The van der Waals surface area contributed by atoms with Crippen molar-refractivity contribution in [3.63, 3.8) is 0 Å². The fourth-order valence-corrected chi connectivity index (χ4v) is 10.9. The van der Waals surface area contributed by atoms with E-state index in [0.717, 1.165) is 16.6 Å². The van der Waals surface area contributed by atoms with E-state index in [1.807, 2.05) is 12.3 Å². The molecule has 1 N–H and O–H groups in total. The molecular weight excluding hydrogens is 737 g/mol. The highest BCUT2D eigenvalue weighted by Gasteiger charge is 2.51. The van der Waals surface area contributed by atoms with Gasteiger partial charge in [0.1, 0.15) is 0 Å². The number of hydrogen-bond donors (Lipinski definition) is 1. The molecule has 0 fully saturated rings. The maximum Gasteiger partial charge on any atom is 0.0869 e. The average molecular weight is 775 g/mol. The van der Waals surface area contributed by atoms with Crippen LogP contribution in [0.3, 0.4) is 0 Å². The van der Waals surface area contributed by atoms with Crippen LogP contribution in [-0.2, 0) is 5.41 Å². The molecule has 1 aromatic heterocycles. The molecule has 10 aromatic rings. The van der Waals surface area contributed by atoms with Crippen molar-refractivity contribution in [2.45, 2.75) is 11.5 Å². The Balaban J connectivity index is 0.914. The number of pyridine rings is 1. The van der Waals surface area contributed by atoms with Gasteiger partial charge in [-0.1, -0.05) is 176 Å². The summed E-state index contributed by atoms with van der Waals surface area (Å²) in [6, 6.07) is 72.4. The van der Waals surface area contributed by atoms with E-state index < -0.39 is 0 Å². The van der Waals surface area contributed by atoms with Gasteiger partial charge in [0.2, 0.25) is 0 Å². The third kappa shape index (κ3) is 4.94. The lowest BCUT2D eigenvalue weighted by Crippen LogP contribution is -2.25. The zero-order valence-corrected chi connectivity index (χ0v) is 33.3. The monoisotopic (exact) mass is 774 g/mol. The molecule has 1 spiro atoms. The lowest BCUT2D eigenvalue weighted by molar-refractivity contribution is 0.725. The molecule has 2 heteroatoms. The fraction of sp³-hybridized carbons (Fsp3) is 0.0339. The molecule has 0 amide bonds. The zero-order chi connectivity index (χ0) is 40.1. The van der Waals surface area contributed by atoms with Crippen LogP contribution in [0.1, 0.15) is 34.0 Å². The first kappa shape index (κ1) is 34.1. The first-order valence-electron chi connectivity index (χ1n) is 21.2. The van der Waals surface area contributed by atoms with E-state index in [0.29, 0.717) is 0 Å². The first-order valence-corrected chi connectivity index (χ1v) is 21.2. The summed E-state index contributed by atoms with van der Waals surface area (Å²) in [5.74, 6) is 0. The second kappa shape index (κ2) is 13.1. The van der Waals surface area contributed by atoms with Gasteiger partial charge in [-0.3, -0.25) is 4.98 Å². The van der Waals surface area contributed by atoms with Crippen LogP contribution in [0.4, 0.5) is 0 Å². The predicted molar refractivity (Wildman–Crippen MR) is 254 cm³/mol. The van der Waals surface area contributed by atoms with E-state index in [4.69, 9.17) is 4.98 Å². The Bertz CT molecular complexity index is 3470. The van der Waals surface area contributed by atoms with Crippen molar-refractivity contribution in [1.82, 2.24) is 10.3 Å². The van der Waals surface area contributed by atoms with E-state index in [2.05, 4.69) is 212 Å². The highest BCUT2D eigenvalue weighted by Crippen LogP contribution is 2.64. The Morgan fingerprint density at radius 2 is 0.984 bits per heavy atom. The van der Waals surface area contributed by atoms with Gasteiger partial charge >= 0.3 is 0 Å². The van der Waals surface area contributed by atoms with Crippen molar-refractivity contribution in [3.8, 4) is 55.6 Å². The van der Waals surface area contributed by atoms with Gasteiger partial charge in [0.05, 0.1) is 22.7 Å². The number of dihydropyridines is 1. The molecule has 0 saturated heterocycles. The minimum absolute atomic E-state index is 0.0357. The predicted octanol–water partition coefficient (Wildman–Crippen LogP) is 14.6. The minimum Gasteiger partial charge on any atom is -0.379 e. The van der Waals surface area contributed by atoms with Crippen molar-refractivity contribution >= 4 is 32.4 Å². The largest absolute Gasteiger partial charge is 0.379 e. The Hall–Kier alpha value is -7.81. The van der Waals surface area contributed by atoms with Gasteiger partial charge in [-0.2, -0.15) is 0 Å². The molecule has 61 heavy (non-hydrogen) atoms. The van der Waals surface area contributed by atoms with Crippen molar-refractivity contribution in [2.24, 2.45) is 0 Å². The molecule has 0 saturated carbocycles. The molecule has 3 aliphatic rings. The van der Waals surface area contributed by atoms with Crippen LogP contribution in [0.2, 0.25) is 0 Å². The lowest BCUT2D eigenvalue weighted by atomic mass is 9.70. The van der Waals surface area contributed by atoms with Gasteiger partial charge in [-0.25, -0.2) is 0 Å². The summed E-state index contributed by atoms with van der Waals surface area (Å²) in [5, 5.41) is 9.60.